The third-order valence-electron chi connectivity index (χ3n) is 4.16. The maximum absolute atomic E-state index is 13.0. The van der Waals surface area contributed by atoms with E-state index in [-0.39, 0.29) is 18.1 Å². The number of carbonyl (C=O) groups excluding carboxylic acids is 1. The Morgan fingerprint density at radius 1 is 1.38 bits per heavy atom. The minimum absolute atomic E-state index is 0.0551. The predicted octanol–water partition coefficient (Wildman–Crippen LogP) is 2.59. The molecular formula is C16H16N4O3S. The number of likely N-dealkylation sites (tertiary alicyclic amines) is 1. The number of para-hydroxylation sites is 1. The van der Waals surface area contributed by atoms with Crippen LogP contribution in [0.3, 0.4) is 0 Å². The molecule has 0 saturated carbocycles. The van der Waals surface area contributed by atoms with Crippen molar-refractivity contribution in [2.45, 2.75) is 25.5 Å². The number of hydrogen-bond donors (Lipinski definition) is 0. The van der Waals surface area contributed by atoms with Gasteiger partial charge in [0.05, 0.1) is 16.3 Å². The molecule has 1 fully saturated rings. The van der Waals surface area contributed by atoms with E-state index >= 15 is 0 Å². The van der Waals surface area contributed by atoms with Gasteiger partial charge >= 0.3 is 0 Å². The lowest BCUT2D eigenvalue weighted by atomic mass is 10.2. The Morgan fingerprint density at radius 3 is 2.92 bits per heavy atom. The molecule has 0 aliphatic carbocycles. The molecule has 3 aromatic rings. The van der Waals surface area contributed by atoms with Crippen LogP contribution in [0, 0.1) is 6.92 Å². The van der Waals surface area contributed by atoms with E-state index in [0.29, 0.717) is 29.7 Å². The first-order chi connectivity index (χ1) is 11.7. The SMILES string of the molecule is CO[C@H]1C[C@H](c2nc(C)no2)N(C(=O)c2nc3ccccc3s2)C1. The van der Waals surface area contributed by atoms with Crippen molar-refractivity contribution < 1.29 is 14.1 Å². The minimum atomic E-state index is -0.282. The normalized spacial score (nSPS) is 20.8. The Balaban J connectivity index is 1.67. The average Bonchev–Trinajstić information content (AvgIpc) is 3.30. The Morgan fingerprint density at radius 2 is 2.21 bits per heavy atom. The number of aromatic nitrogens is 3. The second-order valence-electron chi connectivity index (χ2n) is 5.73. The quantitative estimate of drug-likeness (QED) is 0.726. The smallest absolute Gasteiger partial charge is 0.283 e. The molecule has 1 aromatic carbocycles. The van der Waals surface area contributed by atoms with Crippen LogP contribution in [0.5, 0.6) is 0 Å². The summed E-state index contributed by atoms with van der Waals surface area (Å²) in [5.41, 5.74) is 0.832. The zero-order valence-corrected chi connectivity index (χ0v) is 14.1. The van der Waals surface area contributed by atoms with Gasteiger partial charge in [-0.3, -0.25) is 4.79 Å². The molecule has 1 aliphatic rings. The largest absolute Gasteiger partial charge is 0.380 e. The lowest BCUT2D eigenvalue weighted by Gasteiger charge is -2.20. The van der Waals surface area contributed by atoms with Crippen LogP contribution in [0.2, 0.25) is 0 Å². The summed E-state index contributed by atoms with van der Waals surface area (Å²) >= 11 is 1.39. The van der Waals surface area contributed by atoms with E-state index in [1.165, 1.54) is 11.3 Å². The number of carbonyl (C=O) groups is 1. The summed E-state index contributed by atoms with van der Waals surface area (Å²) in [4.78, 5) is 23.5. The van der Waals surface area contributed by atoms with Crippen molar-refractivity contribution in [3.05, 3.63) is 41.0 Å². The fourth-order valence-electron chi connectivity index (χ4n) is 2.96. The van der Waals surface area contributed by atoms with Gasteiger partial charge in [-0.15, -0.1) is 11.3 Å². The number of ether oxygens (including phenoxy) is 1. The number of hydrogen-bond acceptors (Lipinski definition) is 7. The minimum Gasteiger partial charge on any atom is -0.380 e. The van der Waals surface area contributed by atoms with Crippen molar-refractivity contribution in [1.82, 2.24) is 20.0 Å². The van der Waals surface area contributed by atoms with Crippen molar-refractivity contribution in [2.75, 3.05) is 13.7 Å². The topological polar surface area (TPSA) is 81.4 Å². The molecule has 2 atom stereocenters. The highest BCUT2D eigenvalue weighted by atomic mass is 32.1. The summed E-state index contributed by atoms with van der Waals surface area (Å²) < 4.78 is 11.7. The first kappa shape index (κ1) is 15.2. The van der Waals surface area contributed by atoms with Gasteiger partial charge in [-0.25, -0.2) is 4.98 Å². The van der Waals surface area contributed by atoms with Crippen molar-refractivity contribution in [1.29, 1.82) is 0 Å². The van der Waals surface area contributed by atoms with Gasteiger partial charge in [0.25, 0.3) is 5.91 Å². The first-order valence-electron chi connectivity index (χ1n) is 7.65. The van der Waals surface area contributed by atoms with Gasteiger partial charge in [-0.1, -0.05) is 17.3 Å². The number of aryl methyl sites for hydroxylation is 1. The van der Waals surface area contributed by atoms with Crippen LogP contribution < -0.4 is 0 Å². The maximum atomic E-state index is 13.0. The number of methoxy groups -OCH3 is 1. The highest BCUT2D eigenvalue weighted by Gasteiger charge is 2.40. The predicted molar refractivity (Wildman–Crippen MR) is 87.8 cm³/mol. The van der Waals surface area contributed by atoms with Crippen LogP contribution in [-0.4, -0.2) is 45.7 Å². The summed E-state index contributed by atoms with van der Waals surface area (Å²) in [7, 11) is 1.65. The third-order valence-corrected chi connectivity index (χ3v) is 5.19. The molecule has 0 radical (unpaired) electrons. The Bertz CT molecular complexity index is 857. The number of benzene rings is 1. The monoisotopic (exact) mass is 344 g/mol. The summed E-state index contributed by atoms with van der Waals surface area (Å²) in [5, 5.41) is 4.30. The standard InChI is InChI=1S/C16H16N4O3S/c1-9-17-14(23-19-9)12-7-10(22-2)8-20(12)16(21)15-18-11-5-3-4-6-13(11)24-15/h3-6,10,12H,7-8H2,1-2H3/t10-,12+/m0/s1. The van der Waals surface area contributed by atoms with Crippen LogP contribution in [0.4, 0.5) is 0 Å². The highest BCUT2D eigenvalue weighted by molar-refractivity contribution is 7.20. The second-order valence-corrected chi connectivity index (χ2v) is 6.76. The van der Waals surface area contributed by atoms with Gasteiger partial charge in [0.2, 0.25) is 5.89 Å². The lowest BCUT2D eigenvalue weighted by molar-refractivity contribution is 0.0670. The lowest BCUT2D eigenvalue weighted by Crippen LogP contribution is -2.32. The number of nitrogens with zero attached hydrogens (tertiary/aromatic N) is 4. The number of fused-ring (bicyclic) bond motifs is 1. The molecule has 7 nitrogen and oxygen atoms in total. The van der Waals surface area contributed by atoms with Crippen molar-refractivity contribution in [2.24, 2.45) is 0 Å². The van der Waals surface area contributed by atoms with Crippen molar-refractivity contribution in [3.63, 3.8) is 0 Å². The van der Waals surface area contributed by atoms with Crippen LogP contribution in [0.1, 0.15) is 34.0 Å². The molecule has 8 heteroatoms. The van der Waals surface area contributed by atoms with Gasteiger partial charge in [-0.05, 0) is 19.1 Å². The summed E-state index contributed by atoms with van der Waals surface area (Å²) in [6.45, 7) is 2.24. The zero-order valence-electron chi connectivity index (χ0n) is 13.3. The molecule has 4 rings (SSSR count). The molecule has 0 spiro atoms. The third kappa shape index (κ3) is 2.57. The summed E-state index contributed by atoms with van der Waals surface area (Å²) in [5.74, 6) is 0.872. The van der Waals surface area contributed by atoms with Crippen LogP contribution >= 0.6 is 11.3 Å². The fourth-order valence-corrected chi connectivity index (χ4v) is 3.88. The van der Waals surface area contributed by atoms with E-state index < -0.39 is 0 Å². The molecular weight excluding hydrogens is 328 g/mol. The molecule has 1 amide bonds. The molecule has 1 saturated heterocycles. The second kappa shape index (κ2) is 5.95. The van der Waals surface area contributed by atoms with Crippen LogP contribution in [0.15, 0.2) is 28.8 Å². The van der Waals surface area contributed by atoms with E-state index in [0.717, 1.165) is 10.2 Å². The number of rotatable bonds is 3. The molecule has 1 aliphatic heterocycles. The highest BCUT2D eigenvalue weighted by Crippen LogP contribution is 2.34. The van der Waals surface area contributed by atoms with E-state index in [2.05, 4.69) is 15.1 Å². The van der Waals surface area contributed by atoms with Gasteiger partial charge in [0, 0.05) is 20.1 Å². The van der Waals surface area contributed by atoms with E-state index in [4.69, 9.17) is 9.26 Å². The van der Waals surface area contributed by atoms with Gasteiger partial charge in [-0.2, -0.15) is 4.98 Å². The Hall–Kier alpha value is -2.32. The zero-order chi connectivity index (χ0) is 16.7. The molecule has 3 heterocycles. The molecule has 2 aromatic heterocycles. The van der Waals surface area contributed by atoms with Gasteiger partial charge in [0.1, 0.15) is 6.04 Å². The first-order valence-corrected chi connectivity index (χ1v) is 8.47. The van der Waals surface area contributed by atoms with E-state index in [1.807, 2.05) is 24.3 Å². The van der Waals surface area contributed by atoms with Crippen LogP contribution in [-0.2, 0) is 4.74 Å². The maximum Gasteiger partial charge on any atom is 0.283 e. The number of amides is 1. The molecule has 0 bridgehead atoms. The molecule has 0 unspecified atom stereocenters. The Kier molecular flexibility index (Phi) is 3.78. The average molecular weight is 344 g/mol. The van der Waals surface area contributed by atoms with Gasteiger partial charge in [0.15, 0.2) is 10.8 Å². The van der Waals surface area contributed by atoms with Gasteiger partial charge < -0.3 is 14.2 Å². The fraction of sp³-hybridized carbons (Fsp3) is 0.375. The summed E-state index contributed by atoms with van der Waals surface area (Å²) in [6.07, 6.45) is 0.579. The van der Waals surface area contributed by atoms with Crippen molar-refractivity contribution >= 4 is 27.5 Å². The van der Waals surface area contributed by atoms with Crippen molar-refractivity contribution in [3.8, 4) is 0 Å². The molecule has 0 N–H and O–H groups in total. The Labute approximate surface area is 142 Å². The molecule has 124 valence electrons. The summed E-state index contributed by atoms with van der Waals surface area (Å²) in [6, 6.07) is 7.44. The van der Waals surface area contributed by atoms with Crippen LogP contribution in [0.25, 0.3) is 10.2 Å². The van der Waals surface area contributed by atoms with E-state index in [1.54, 1.807) is 18.9 Å². The van der Waals surface area contributed by atoms with E-state index in [9.17, 15) is 4.79 Å². The number of thiazole rings is 1. The molecule has 24 heavy (non-hydrogen) atoms.